The Morgan fingerprint density at radius 2 is 2.11 bits per heavy atom. The van der Waals surface area contributed by atoms with Crippen molar-refractivity contribution < 1.29 is 14.0 Å². The van der Waals surface area contributed by atoms with Gasteiger partial charge in [0.05, 0.1) is 17.0 Å². The maximum absolute atomic E-state index is 13.7. The zero-order chi connectivity index (χ0) is 19.0. The molecule has 2 aliphatic heterocycles. The summed E-state index contributed by atoms with van der Waals surface area (Å²) >= 11 is 1.49. The van der Waals surface area contributed by atoms with Crippen molar-refractivity contribution in [1.82, 2.24) is 10.2 Å². The molecule has 2 aromatic carbocycles. The fourth-order valence-corrected chi connectivity index (χ4v) is 4.40. The van der Waals surface area contributed by atoms with E-state index in [-0.39, 0.29) is 28.9 Å². The fourth-order valence-electron chi connectivity index (χ4n) is 3.47. The van der Waals surface area contributed by atoms with Crippen LogP contribution in [0, 0.1) is 5.82 Å². The van der Waals surface area contributed by atoms with Crippen LogP contribution in [0.15, 0.2) is 47.4 Å². The van der Waals surface area contributed by atoms with Gasteiger partial charge in [-0.3, -0.25) is 9.59 Å². The maximum atomic E-state index is 13.7. The molecule has 7 heteroatoms. The molecule has 27 heavy (non-hydrogen) atoms. The molecular formula is C20H20FN3O2S. The summed E-state index contributed by atoms with van der Waals surface area (Å²) in [6.45, 7) is 3.65. The van der Waals surface area contributed by atoms with Crippen LogP contribution < -0.4 is 10.6 Å². The van der Waals surface area contributed by atoms with E-state index in [0.29, 0.717) is 30.9 Å². The molecule has 5 nitrogen and oxygen atoms in total. The van der Waals surface area contributed by atoms with Crippen molar-refractivity contribution in [2.45, 2.75) is 23.1 Å². The summed E-state index contributed by atoms with van der Waals surface area (Å²) in [5.41, 5.74) is 1.96. The van der Waals surface area contributed by atoms with E-state index in [1.54, 1.807) is 23.1 Å². The molecule has 0 saturated carbocycles. The van der Waals surface area contributed by atoms with E-state index in [1.165, 1.54) is 23.9 Å². The predicted octanol–water partition coefficient (Wildman–Crippen LogP) is 3.05. The van der Waals surface area contributed by atoms with Gasteiger partial charge in [-0.2, -0.15) is 0 Å². The molecule has 2 heterocycles. The third-order valence-corrected chi connectivity index (χ3v) is 6.07. The van der Waals surface area contributed by atoms with Gasteiger partial charge in [-0.25, -0.2) is 4.39 Å². The Bertz CT molecular complexity index is 905. The number of carbonyl (C=O) groups excluding carboxylic acids is 2. The van der Waals surface area contributed by atoms with E-state index in [9.17, 15) is 14.0 Å². The lowest BCUT2D eigenvalue weighted by Gasteiger charge is -2.37. The van der Waals surface area contributed by atoms with E-state index < -0.39 is 0 Å². The van der Waals surface area contributed by atoms with Gasteiger partial charge in [-0.05, 0) is 42.8 Å². The van der Waals surface area contributed by atoms with Crippen LogP contribution in [-0.4, -0.2) is 41.6 Å². The first-order valence-electron chi connectivity index (χ1n) is 8.91. The van der Waals surface area contributed by atoms with Crippen molar-refractivity contribution in [2.75, 3.05) is 25.0 Å². The molecule has 0 bridgehead atoms. The van der Waals surface area contributed by atoms with Gasteiger partial charge < -0.3 is 15.5 Å². The third-order valence-electron chi connectivity index (χ3n) is 4.90. The molecule has 1 fully saturated rings. The number of hydrogen-bond donors (Lipinski definition) is 2. The number of thioether (sulfide) groups is 1. The first kappa shape index (κ1) is 18.0. The lowest BCUT2D eigenvalue weighted by atomic mass is 10.0. The third kappa shape index (κ3) is 3.57. The molecule has 0 aliphatic carbocycles. The van der Waals surface area contributed by atoms with Crippen molar-refractivity contribution in [3.05, 3.63) is 59.4 Å². The highest BCUT2D eigenvalue weighted by molar-refractivity contribution is 8.00. The van der Waals surface area contributed by atoms with Crippen molar-refractivity contribution in [2.24, 2.45) is 0 Å². The number of piperazine rings is 1. The van der Waals surface area contributed by atoms with Crippen molar-refractivity contribution in [3.8, 4) is 0 Å². The van der Waals surface area contributed by atoms with Gasteiger partial charge in [-0.1, -0.05) is 12.1 Å². The second-order valence-corrected chi connectivity index (χ2v) is 8.12. The molecule has 0 aromatic heterocycles. The Hall–Kier alpha value is -2.38. The molecule has 1 saturated heterocycles. The fraction of sp³-hybridized carbons (Fsp3) is 0.300. The van der Waals surface area contributed by atoms with Crippen molar-refractivity contribution in [1.29, 1.82) is 0 Å². The summed E-state index contributed by atoms with van der Waals surface area (Å²) in [5, 5.41) is 5.99. The van der Waals surface area contributed by atoms with Crippen LogP contribution in [0.2, 0.25) is 0 Å². The average Bonchev–Trinajstić information content (AvgIpc) is 2.68. The molecule has 2 N–H and O–H groups in total. The van der Waals surface area contributed by atoms with Crippen LogP contribution in [0.5, 0.6) is 0 Å². The average molecular weight is 385 g/mol. The highest BCUT2D eigenvalue weighted by Gasteiger charge is 2.30. The number of nitrogens with zero attached hydrogens (tertiary/aromatic N) is 1. The molecule has 0 radical (unpaired) electrons. The number of anilines is 1. The smallest absolute Gasteiger partial charge is 0.254 e. The number of rotatable bonds is 2. The highest BCUT2D eigenvalue weighted by Crippen LogP contribution is 2.36. The number of carbonyl (C=O) groups is 2. The van der Waals surface area contributed by atoms with Crippen LogP contribution in [0.1, 0.15) is 28.9 Å². The number of nitrogens with one attached hydrogen (secondary N) is 2. The lowest BCUT2D eigenvalue weighted by molar-refractivity contribution is -0.115. The maximum Gasteiger partial charge on any atom is 0.254 e. The minimum Gasteiger partial charge on any atom is -0.329 e. The molecule has 2 aliphatic rings. The standard InChI is InChI=1S/C20H20FN3O2S/c1-12-19(25)23-16-10-14(5-6-18(16)27-12)20(26)24-8-7-22-11-17(24)13-3-2-4-15(21)9-13/h2-6,9-10,12,17,22H,7-8,11H2,1H3,(H,23,25). The SMILES string of the molecule is CC1Sc2ccc(C(=O)N3CCNCC3c3cccc(F)c3)cc2NC1=O. The molecule has 2 amide bonds. The quantitative estimate of drug-likeness (QED) is 0.834. The Morgan fingerprint density at radius 3 is 2.93 bits per heavy atom. The second kappa shape index (κ2) is 7.32. The molecule has 4 rings (SSSR count). The topological polar surface area (TPSA) is 61.4 Å². The van der Waals surface area contributed by atoms with Crippen molar-refractivity contribution in [3.63, 3.8) is 0 Å². The molecule has 2 unspecified atom stereocenters. The second-order valence-electron chi connectivity index (χ2n) is 6.73. The molecular weight excluding hydrogens is 365 g/mol. The predicted molar refractivity (Wildman–Crippen MR) is 103 cm³/mol. The summed E-state index contributed by atoms with van der Waals surface area (Å²) in [7, 11) is 0. The zero-order valence-electron chi connectivity index (χ0n) is 14.9. The summed E-state index contributed by atoms with van der Waals surface area (Å²) < 4.78 is 13.7. The Morgan fingerprint density at radius 1 is 1.26 bits per heavy atom. The summed E-state index contributed by atoms with van der Waals surface area (Å²) in [6, 6.07) is 11.5. The van der Waals surface area contributed by atoms with Crippen LogP contribution in [0.25, 0.3) is 0 Å². The lowest BCUT2D eigenvalue weighted by Crippen LogP contribution is -2.48. The van der Waals surface area contributed by atoms with Gasteiger partial charge in [0.25, 0.3) is 5.91 Å². The van der Waals surface area contributed by atoms with Gasteiger partial charge in [0.15, 0.2) is 0 Å². The first-order chi connectivity index (χ1) is 13.0. The van der Waals surface area contributed by atoms with E-state index in [1.807, 2.05) is 19.1 Å². The minimum atomic E-state index is -0.312. The summed E-state index contributed by atoms with van der Waals surface area (Å²) in [4.78, 5) is 27.9. The van der Waals surface area contributed by atoms with Gasteiger partial charge in [0.2, 0.25) is 5.91 Å². The number of hydrogen-bond acceptors (Lipinski definition) is 4. The zero-order valence-corrected chi connectivity index (χ0v) is 15.7. The van der Waals surface area contributed by atoms with Gasteiger partial charge >= 0.3 is 0 Å². The molecule has 2 aromatic rings. The number of benzene rings is 2. The van der Waals surface area contributed by atoms with Crippen LogP contribution >= 0.6 is 11.8 Å². The molecule has 140 valence electrons. The van der Waals surface area contributed by atoms with E-state index in [0.717, 1.165) is 10.5 Å². The largest absolute Gasteiger partial charge is 0.329 e. The van der Waals surface area contributed by atoms with Crippen LogP contribution in [-0.2, 0) is 4.79 Å². The van der Waals surface area contributed by atoms with E-state index >= 15 is 0 Å². The number of halogens is 1. The number of fused-ring (bicyclic) bond motifs is 1. The highest BCUT2D eigenvalue weighted by atomic mass is 32.2. The first-order valence-corrected chi connectivity index (χ1v) is 9.79. The Balaban J connectivity index is 1.63. The van der Waals surface area contributed by atoms with Crippen LogP contribution in [0.4, 0.5) is 10.1 Å². The van der Waals surface area contributed by atoms with E-state index in [4.69, 9.17) is 0 Å². The molecule has 0 spiro atoms. The number of amides is 2. The van der Waals surface area contributed by atoms with Crippen LogP contribution in [0.3, 0.4) is 0 Å². The minimum absolute atomic E-state index is 0.0584. The van der Waals surface area contributed by atoms with Gasteiger partial charge in [-0.15, -0.1) is 11.8 Å². The molecule has 2 atom stereocenters. The monoisotopic (exact) mass is 385 g/mol. The Kier molecular flexibility index (Phi) is 4.88. The van der Waals surface area contributed by atoms with Gasteiger partial charge in [0, 0.05) is 30.1 Å². The Labute approximate surface area is 161 Å². The van der Waals surface area contributed by atoms with E-state index in [2.05, 4.69) is 10.6 Å². The summed E-state index contributed by atoms with van der Waals surface area (Å²) in [6.07, 6.45) is 0. The summed E-state index contributed by atoms with van der Waals surface area (Å²) in [5.74, 6) is -0.489. The van der Waals surface area contributed by atoms with Crippen molar-refractivity contribution >= 4 is 29.3 Å². The van der Waals surface area contributed by atoms with Gasteiger partial charge in [0.1, 0.15) is 5.82 Å². The normalized spacial score (nSPS) is 22.1.